The van der Waals surface area contributed by atoms with Crippen molar-refractivity contribution in [1.82, 2.24) is 0 Å². The predicted molar refractivity (Wildman–Crippen MR) is 50.1 cm³/mol. The summed E-state index contributed by atoms with van der Waals surface area (Å²) in [6.45, 7) is 0. The van der Waals surface area contributed by atoms with Gasteiger partial charge in [-0.1, -0.05) is 12.1 Å². The molecule has 7 heteroatoms. The molecule has 4 nitrogen and oxygen atoms in total. The van der Waals surface area contributed by atoms with Crippen LogP contribution in [0.1, 0.15) is 11.7 Å². The molecule has 1 rings (SSSR count). The molecule has 0 heterocycles. The monoisotopic (exact) mass is 250 g/mol. The number of ether oxygens (including phenoxy) is 2. The van der Waals surface area contributed by atoms with Crippen molar-refractivity contribution in [3.63, 3.8) is 0 Å². The molecule has 1 atom stereocenters. The van der Waals surface area contributed by atoms with Gasteiger partial charge < -0.3 is 14.6 Å². The first kappa shape index (κ1) is 13.3. The molecule has 0 spiro atoms. The maximum Gasteiger partial charge on any atom is 0.573 e. The van der Waals surface area contributed by atoms with Crippen LogP contribution in [0.2, 0.25) is 0 Å². The standard InChI is InChI=1S/C10H9F3O4/c1-16-9(15)8(14)6-3-2-4-7(5-6)17-10(11,12)13/h2-5,8,14H,1H3/t8-/m0/s1. The fourth-order valence-corrected chi connectivity index (χ4v) is 1.13. The first-order chi connectivity index (χ1) is 7.83. The maximum atomic E-state index is 11.9. The van der Waals surface area contributed by atoms with Crippen molar-refractivity contribution in [2.24, 2.45) is 0 Å². The molecular weight excluding hydrogens is 241 g/mol. The summed E-state index contributed by atoms with van der Waals surface area (Å²) in [6, 6.07) is 4.48. The number of esters is 1. The summed E-state index contributed by atoms with van der Waals surface area (Å²) in [5, 5.41) is 9.40. The molecule has 0 amide bonds. The fourth-order valence-electron chi connectivity index (χ4n) is 1.13. The third-order valence-corrected chi connectivity index (χ3v) is 1.83. The minimum absolute atomic E-state index is 0.0430. The van der Waals surface area contributed by atoms with E-state index in [2.05, 4.69) is 9.47 Å². The zero-order chi connectivity index (χ0) is 13.1. The van der Waals surface area contributed by atoms with Gasteiger partial charge in [0.25, 0.3) is 0 Å². The van der Waals surface area contributed by atoms with E-state index in [1.807, 2.05) is 0 Å². The van der Waals surface area contributed by atoms with Crippen LogP contribution in [0.25, 0.3) is 0 Å². The summed E-state index contributed by atoms with van der Waals surface area (Å²) in [6.07, 6.45) is -6.47. The Morgan fingerprint density at radius 2 is 2.06 bits per heavy atom. The highest BCUT2D eigenvalue weighted by Gasteiger charge is 2.31. The summed E-state index contributed by atoms with van der Waals surface area (Å²) in [4.78, 5) is 11.0. The minimum atomic E-state index is -4.82. The van der Waals surface area contributed by atoms with E-state index in [0.29, 0.717) is 0 Å². The van der Waals surface area contributed by atoms with E-state index in [-0.39, 0.29) is 5.56 Å². The summed E-state index contributed by atoms with van der Waals surface area (Å²) < 4.78 is 43.7. The number of carbonyl (C=O) groups is 1. The zero-order valence-electron chi connectivity index (χ0n) is 8.69. The number of aliphatic hydroxyl groups excluding tert-OH is 1. The molecule has 0 bridgehead atoms. The van der Waals surface area contributed by atoms with Gasteiger partial charge in [-0.2, -0.15) is 0 Å². The zero-order valence-corrected chi connectivity index (χ0v) is 8.69. The third-order valence-electron chi connectivity index (χ3n) is 1.83. The van der Waals surface area contributed by atoms with Crippen molar-refractivity contribution in [3.05, 3.63) is 29.8 Å². The number of alkyl halides is 3. The van der Waals surface area contributed by atoms with E-state index < -0.39 is 24.2 Å². The van der Waals surface area contributed by atoms with Gasteiger partial charge in [0.1, 0.15) is 5.75 Å². The molecule has 17 heavy (non-hydrogen) atoms. The Labute approximate surface area is 94.6 Å². The lowest BCUT2D eigenvalue weighted by atomic mass is 10.1. The molecule has 0 saturated heterocycles. The number of rotatable bonds is 3. The molecule has 0 aliphatic heterocycles. The quantitative estimate of drug-likeness (QED) is 0.831. The highest BCUT2D eigenvalue weighted by Crippen LogP contribution is 2.25. The van der Waals surface area contributed by atoms with Crippen LogP contribution in [0.5, 0.6) is 5.75 Å². The van der Waals surface area contributed by atoms with Crippen molar-refractivity contribution in [3.8, 4) is 5.75 Å². The van der Waals surface area contributed by atoms with Crippen LogP contribution >= 0.6 is 0 Å². The SMILES string of the molecule is COC(=O)[C@@H](O)c1cccc(OC(F)(F)F)c1. The van der Waals surface area contributed by atoms with E-state index in [9.17, 15) is 23.1 Å². The first-order valence-corrected chi connectivity index (χ1v) is 4.45. The summed E-state index contributed by atoms with van der Waals surface area (Å²) >= 11 is 0. The Bertz CT molecular complexity index is 403. The van der Waals surface area contributed by atoms with Crippen LogP contribution in [0, 0.1) is 0 Å². The van der Waals surface area contributed by atoms with Crippen molar-refractivity contribution < 1.29 is 32.5 Å². The summed E-state index contributed by atoms with van der Waals surface area (Å²) in [5.74, 6) is -1.48. The number of aliphatic hydroxyl groups is 1. The van der Waals surface area contributed by atoms with Gasteiger partial charge in [-0.15, -0.1) is 13.2 Å². The Morgan fingerprint density at radius 1 is 1.41 bits per heavy atom. The summed E-state index contributed by atoms with van der Waals surface area (Å²) in [7, 11) is 1.06. The van der Waals surface area contributed by atoms with Gasteiger partial charge >= 0.3 is 12.3 Å². The number of hydrogen-bond acceptors (Lipinski definition) is 4. The van der Waals surface area contributed by atoms with Gasteiger partial charge in [0.05, 0.1) is 7.11 Å². The predicted octanol–water partition coefficient (Wildman–Crippen LogP) is 1.79. The smallest absolute Gasteiger partial charge is 0.467 e. The average Bonchev–Trinajstić information content (AvgIpc) is 2.25. The van der Waals surface area contributed by atoms with E-state index in [1.54, 1.807) is 0 Å². The Balaban J connectivity index is 2.89. The van der Waals surface area contributed by atoms with Crippen LogP contribution in [0.4, 0.5) is 13.2 Å². The van der Waals surface area contributed by atoms with Gasteiger partial charge in [0, 0.05) is 0 Å². The normalized spacial score (nSPS) is 13.0. The van der Waals surface area contributed by atoms with E-state index >= 15 is 0 Å². The molecule has 0 aromatic heterocycles. The van der Waals surface area contributed by atoms with Gasteiger partial charge in [-0.3, -0.25) is 0 Å². The number of hydrogen-bond donors (Lipinski definition) is 1. The Hall–Kier alpha value is -1.76. The second-order valence-corrected chi connectivity index (χ2v) is 3.05. The molecule has 1 N–H and O–H groups in total. The molecule has 1 aromatic rings. The minimum Gasteiger partial charge on any atom is -0.467 e. The van der Waals surface area contributed by atoms with E-state index in [1.165, 1.54) is 12.1 Å². The number of halogens is 3. The molecule has 0 aliphatic carbocycles. The molecule has 1 aromatic carbocycles. The molecule has 0 saturated carbocycles. The molecular formula is C10H9F3O4. The Morgan fingerprint density at radius 3 is 2.59 bits per heavy atom. The summed E-state index contributed by atoms with van der Waals surface area (Å²) in [5.41, 5.74) is -0.0430. The maximum absolute atomic E-state index is 11.9. The fraction of sp³-hybridized carbons (Fsp3) is 0.300. The second kappa shape index (κ2) is 5.05. The van der Waals surface area contributed by atoms with Crippen molar-refractivity contribution in [1.29, 1.82) is 0 Å². The van der Waals surface area contributed by atoms with Crippen LogP contribution in [-0.2, 0) is 9.53 Å². The van der Waals surface area contributed by atoms with Crippen molar-refractivity contribution >= 4 is 5.97 Å². The van der Waals surface area contributed by atoms with Crippen LogP contribution in [0.15, 0.2) is 24.3 Å². The van der Waals surface area contributed by atoms with E-state index in [4.69, 9.17) is 0 Å². The first-order valence-electron chi connectivity index (χ1n) is 4.45. The number of carbonyl (C=O) groups excluding carboxylic acids is 1. The highest BCUT2D eigenvalue weighted by atomic mass is 19.4. The van der Waals surface area contributed by atoms with Crippen molar-refractivity contribution in [2.45, 2.75) is 12.5 Å². The molecule has 0 unspecified atom stereocenters. The largest absolute Gasteiger partial charge is 0.573 e. The van der Waals surface area contributed by atoms with Crippen molar-refractivity contribution in [2.75, 3.05) is 7.11 Å². The lowest BCUT2D eigenvalue weighted by Gasteiger charge is -2.12. The molecule has 0 fully saturated rings. The van der Waals surface area contributed by atoms with Gasteiger partial charge in [0.15, 0.2) is 6.10 Å². The average molecular weight is 250 g/mol. The van der Waals surface area contributed by atoms with Gasteiger partial charge in [0.2, 0.25) is 0 Å². The van der Waals surface area contributed by atoms with Gasteiger partial charge in [-0.25, -0.2) is 4.79 Å². The van der Waals surface area contributed by atoms with Crippen LogP contribution in [0.3, 0.4) is 0 Å². The highest BCUT2D eigenvalue weighted by molar-refractivity contribution is 5.76. The van der Waals surface area contributed by atoms with E-state index in [0.717, 1.165) is 19.2 Å². The number of methoxy groups -OCH3 is 1. The number of benzene rings is 1. The Kier molecular flexibility index (Phi) is 3.95. The molecule has 0 radical (unpaired) electrons. The molecule has 94 valence electrons. The topological polar surface area (TPSA) is 55.8 Å². The second-order valence-electron chi connectivity index (χ2n) is 3.05. The van der Waals surface area contributed by atoms with Crippen LogP contribution in [-0.4, -0.2) is 24.5 Å². The van der Waals surface area contributed by atoms with Gasteiger partial charge in [-0.05, 0) is 17.7 Å². The third kappa shape index (κ3) is 3.95. The lowest BCUT2D eigenvalue weighted by molar-refractivity contribution is -0.274. The molecule has 0 aliphatic rings. The lowest BCUT2D eigenvalue weighted by Crippen LogP contribution is -2.18. The van der Waals surface area contributed by atoms with Crippen LogP contribution < -0.4 is 4.74 Å².